The van der Waals surface area contributed by atoms with E-state index in [4.69, 9.17) is 0 Å². The number of nitrogens with zero attached hydrogens (tertiary/aromatic N) is 2. The molecule has 114 valence electrons. The summed E-state index contributed by atoms with van der Waals surface area (Å²) in [5.74, 6) is 1.90. The smallest absolute Gasteiger partial charge is 0.222 e. The topological polar surface area (TPSA) is 66.9 Å². The van der Waals surface area contributed by atoms with Crippen LogP contribution in [0.15, 0.2) is 11.4 Å². The number of aromatic nitrogens is 2. The van der Waals surface area contributed by atoms with E-state index in [1.54, 1.807) is 11.3 Å². The average Bonchev–Trinajstić information content (AvgIpc) is 2.94. The van der Waals surface area contributed by atoms with E-state index in [1.807, 2.05) is 25.3 Å². The zero-order valence-corrected chi connectivity index (χ0v) is 13.6. The first-order valence-electron chi connectivity index (χ1n) is 7.37. The molecule has 1 amide bonds. The van der Waals surface area contributed by atoms with Crippen LogP contribution >= 0.6 is 11.3 Å². The standard InChI is InChI=1S/C15H22N4OS/c1-4-12-18-13(11-6-9-21-15(11)19-12)16-7-5-8-17-14(20)10(2)3/h6,9-10H,4-5,7-8H2,1-3H3,(H,17,20)(H,16,18,19). The van der Waals surface area contributed by atoms with Gasteiger partial charge < -0.3 is 10.6 Å². The van der Waals surface area contributed by atoms with Gasteiger partial charge in [-0.1, -0.05) is 20.8 Å². The van der Waals surface area contributed by atoms with Gasteiger partial charge in [0.2, 0.25) is 5.91 Å². The Labute approximate surface area is 129 Å². The van der Waals surface area contributed by atoms with Crippen LogP contribution in [0, 0.1) is 5.92 Å². The fourth-order valence-electron chi connectivity index (χ4n) is 1.90. The molecule has 2 N–H and O–H groups in total. The summed E-state index contributed by atoms with van der Waals surface area (Å²) < 4.78 is 0. The minimum absolute atomic E-state index is 0.0392. The summed E-state index contributed by atoms with van der Waals surface area (Å²) in [6, 6.07) is 2.04. The van der Waals surface area contributed by atoms with Crippen molar-refractivity contribution in [3.8, 4) is 0 Å². The van der Waals surface area contributed by atoms with Crippen LogP contribution < -0.4 is 10.6 Å². The molecule has 0 aliphatic rings. The van der Waals surface area contributed by atoms with Crippen molar-refractivity contribution in [2.45, 2.75) is 33.6 Å². The van der Waals surface area contributed by atoms with Crippen molar-refractivity contribution in [1.82, 2.24) is 15.3 Å². The number of thiophene rings is 1. The predicted octanol–water partition coefficient (Wildman–Crippen LogP) is 2.83. The Morgan fingerprint density at radius 1 is 1.33 bits per heavy atom. The lowest BCUT2D eigenvalue weighted by Crippen LogP contribution is -2.29. The number of fused-ring (bicyclic) bond motifs is 1. The van der Waals surface area contributed by atoms with E-state index in [1.165, 1.54) is 0 Å². The summed E-state index contributed by atoms with van der Waals surface area (Å²) in [5.41, 5.74) is 0. The first kappa shape index (κ1) is 15.7. The van der Waals surface area contributed by atoms with Gasteiger partial charge in [-0.05, 0) is 17.9 Å². The number of nitrogens with one attached hydrogen (secondary N) is 2. The molecule has 0 saturated carbocycles. The lowest BCUT2D eigenvalue weighted by Gasteiger charge is -2.10. The van der Waals surface area contributed by atoms with Gasteiger partial charge >= 0.3 is 0 Å². The molecule has 21 heavy (non-hydrogen) atoms. The first-order valence-corrected chi connectivity index (χ1v) is 8.25. The second-order valence-corrected chi connectivity index (χ2v) is 6.10. The quantitative estimate of drug-likeness (QED) is 0.772. The van der Waals surface area contributed by atoms with E-state index in [2.05, 4.69) is 27.5 Å². The molecule has 5 nitrogen and oxygen atoms in total. The van der Waals surface area contributed by atoms with Crippen LogP contribution in [0.3, 0.4) is 0 Å². The van der Waals surface area contributed by atoms with Crippen molar-refractivity contribution in [1.29, 1.82) is 0 Å². The Kier molecular flexibility index (Phi) is 5.50. The molecule has 0 radical (unpaired) electrons. The number of hydrogen-bond acceptors (Lipinski definition) is 5. The molecule has 0 aliphatic carbocycles. The molecule has 0 atom stereocenters. The van der Waals surface area contributed by atoms with E-state index < -0.39 is 0 Å². The highest BCUT2D eigenvalue weighted by Gasteiger charge is 2.08. The molecule has 0 fully saturated rings. The highest BCUT2D eigenvalue weighted by atomic mass is 32.1. The van der Waals surface area contributed by atoms with E-state index >= 15 is 0 Å². The maximum absolute atomic E-state index is 11.4. The molecule has 0 unspecified atom stereocenters. The predicted molar refractivity (Wildman–Crippen MR) is 87.7 cm³/mol. The first-order chi connectivity index (χ1) is 10.1. The van der Waals surface area contributed by atoms with E-state index in [-0.39, 0.29) is 11.8 Å². The van der Waals surface area contributed by atoms with Gasteiger partial charge in [0.05, 0.1) is 5.39 Å². The van der Waals surface area contributed by atoms with Crippen LogP contribution in [0.2, 0.25) is 0 Å². The second kappa shape index (κ2) is 7.36. The maximum Gasteiger partial charge on any atom is 0.222 e. The number of rotatable bonds is 7. The number of amides is 1. The van der Waals surface area contributed by atoms with Crippen LogP contribution in [0.1, 0.15) is 33.0 Å². The van der Waals surface area contributed by atoms with Crippen molar-refractivity contribution in [2.75, 3.05) is 18.4 Å². The monoisotopic (exact) mass is 306 g/mol. The normalized spacial score (nSPS) is 11.0. The maximum atomic E-state index is 11.4. The second-order valence-electron chi connectivity index (χ2n) is 5.21. The molecule has 2 aromatic rings. The van der Waals surface area contributed by atoms with Gasteiger partial charge in [-0.15, -0.1) is 11.3 Å². The summed E-state index contributed by atoms with van der Waals surface area (Å²) in [4.78, 5) is 21.5. The molecule has 2 heterocycles. The molecule has 0 saturated heterocycles. The Balaban J connectivity index is 1.88. The summed E-state index contributed by atoms with van der Waals surface area (Å²) in [6.45, 7) is 7.31. The van der Waals surface area contributed by atoms with E-state index in [0.29, 0.717) is 6.54 Å². The molecule has 0 spiro atoms. The third-order valence-corrected chi connectivity index (χ3v) is 3.96. The van der Waals surface area contributed by atoms with Crippen molar-refractivity contribution in [3.05, 3.63) is 17.3 Å². The zero-order chi connectivity index (χ0) is 15.2. The molecule has 2 rings (SSSR count). The number of carbonyl (C=O) groups excluding carboxylic acids is 1. The summed E-state index contributed by atoms with van der Waals surface area (Å²) in [5, 5.41) is 9.38. The average molecular weight is 306 g/mol. The van der Waals surface area contributed by atoms with Gasteiger partial charge in [-0.3, -0.25) is 4.79 Å². The molecule has 0 aromatic carbocycles. The largest absolute Gasteiger partial charge is 0.369 e. The summed E-state index contributed by atoms with van der Waals surface area (Å²) >= 11 is 1.63. The highest BCUT2D eigenvalue weighted by molar-refractivity contribution is 7.16. The van der Waals surface area contributed by atoms with Crippen LogP contribution in [-0.2, 0) is 11.2 Å². The molecular weight excluding hydrogens is 284 g/mol. The zero-order valence-electron chi connectivity index (χ0n) is 12.8. The molecule has 6 heteroatoms. The Morgan fingerprint density at radius 3 is 2.86 bits per heavy atom. The van der Waals surface area contributed by atoms with Gasteiger partial charge in [0.15, 0.2) is 0 Å². The van der Waals surface area contributed by atoms with Crippen LogP contribution in [0.4, 0.5) is 5.82 Å². The number of carbonyl (C=O) groups is 1. The Hall–Kier alpha value is -1.69. The van der Waals surface area contributed by atoms with Crippen LogP contribution in [0.25, 0.3) is 10.2 Å². The van der Waals surface area contributed by atoms with Crippen molar-refractivity contribution in [2.24, 2.45) is 5.92 Å². The van der Waals surface area contributed by atoms with Gasteiger partial charge in [-0.25, -0.2) is 9.97 Å². The SMILES string of the molecule is CCc1nc(NCCCNC(=O)C(C)C)c2ccsc2n1. The van der Waals surface area contributed by atoms with E-state index in [9.17, 15) is 4.79 Å². The van der Waals surface area contributed by atoms with Crippen molar-refractivity contribution in [3.63, 3.8) is 0 Å². The number of hydrogen-bond donors (Lipinski definition) is 2. The fourth-order valence-corrected chi connectivity index (χ4v) is 2.69. The van der Waals surface area contributed by atoms with E-state index in [0.717, 1.165) is 41.2 Å². The Morgan fingerprint density at radius 2 is 2.14 bits per heavy atom. The van der Waals surface area contributed by atoms with Crippen molar-refractivity contribution < 1.29 is 4.79 Å². The van der Waals surface area contributed by atoms with Gasteiger partial charge in [0.25, 0.3) is 0 Å². The van der Waals surface area contributed by atoms with Crippen LogP contribution in [-0.4, -0.2) is 29.0 Å². The van der Waals surface area contributed by atoms with Gasteiger partial charge in [-0.2, -0.15) is 0 Å². The minimum Gasteiger partial charge on any atom is -0.369 e. The lowest BCUT2D eigenvalue weighted by atomic mass is 10.2. The third kappa shape index (κ3) is 4.14. The number of anilines is 1. The fraction of sp³-hybridized carbons (Fsp3) is 0.533. The highest BCUT2D eigenvalue weighted by Crippen LogP contribution is 2.25. The number of aryl methyl sites for hydroxylation is 1. The molecule has 0 bridgehead atoms. The molecular formula is C15H22N4OS. The van der Waals surface area contributed by atoms with Gasteiger partial charge in [0, 0.05) is 25.4 Å². The molecule has 2 aromatic heterocycles. The van der Waals surface area contributed by atoms with Crippen molar-refractivity contribution >= 4 is 33.3 Å². The summed E-state index contributed by atoms with van der Waals surface area (Å²) in [6.07, 6.45) is 1.70. The lowest BCUT2D eigenvalue weighted by molar-refractivity contribution is -0.123. The minimum atomic E-state index is 0.0392. The third-order valence-electron chi connectivity index (χ3n) is 3.16. The molecule has 0 aliphatic heterocycles. The van der Waals surface area contributed by atoms with Gasteiger partial charge in [0.1, 0.15) is 16.5 Å². The van der Waals surface area contributed by atoms with Crippen LogP contribution in [0.5, 0.6) is 0 Å². The Bertz CT molecular complexity index is 609. The summed E-state index contributed by atoms with van der Waals surface area (Å²) in [7, 11) is 0.